The summed E-state index contributed by atoms with van der Waals surface area (Å²) in [5.74, 6) is -1.30. The zero-order valence-electron chi connectivity index (χ0n) is 15.5. The number of amides is 1. The van der Waals surface area contributed by atoms with E-state index >= 15 is 0 Å². The van der Waals surface area contributed by atoms with Crippen LogP contribution in [-0.4, -0.2) is 38.1 Å². The van der Waals surface area contributed by atoms with Crippen molar-refractivity contribution >= 4 is 33.2 Å². The highest BCUT2D eigenvalue weighted by Gasteiger charge is 2.31. The monoisotopic (exact) mass is 450 g/mol. The summed E-state index contributed by atoms with van der Waals surface area (Å²) < 4.78 is 67.3. The molecule has 29 heavy (non-hydrogen) atoms. The van der Waals surface area contributed by atoms with Gasteiger partial charge in [0.05, 0.1) is 15.5 Å². The molecule has 0 atom stereocenters. The van der Waals surface area contributed by atoms with Crippen LogP contribution in [0.15, 0.2) is 47.4 Å². The standard InChI is InChI=1S/C18H18ClF3N2O4S/c1-3-24(4-2)29(26,27)14-8-9-16(19)15(11-14)17(25)23-12-6-5-7-13(10-12)28-18(20,21)22/h5-11H,3-4H2,1-2H3,(H,23,25). The first-order valence-corrected chi connectivity index (χ1v) is 10.3. The first-order chi connectivity index (χ1) is 13.5. The molecular formula is C18H18ClF3N2O4S. The highest BCUT2D eigenvalue weighted by Crippen LogP contribution is 2.27. The molecule has 1 N–H and O–H groups in total. The Hall–Kier alpha value is -2.30. The molecule has 0 aromatic heterocycles. The second-order valence-corrected chi connectivity index (χ2v) is 8.11. The summed E-state index contributed by atoms with van der Waals surface area (Å²) in [6, 6.07) is 8.36. The number of nitrogens with one attached hydrogen (secondary N) is 1. The van der Waals surface area contributed by atoms with Crippen LogP contribution in [0.1, 0.15) is 24.2 Å². The smallest absolute Gasteiger partial charge is 0.406 e. The molecule has 0 aliphatic heterocycles. The van der Waals surface area contributed by atoms with Gasteiger partial charge >= 0.3 is 6.36 Å². The van der Waals surface area contributed by atoms with Gasteiger partial charge in [-0.1, -0.05) is 31.5 Å². The van der Waals surface area contributed by atoms with Crippen molar-refractivity contribution in [3.63, 3.8) is 0 Å². The maximum Gasteiger partial charge on any atom is 0.573 e. The normalized spacial score (nSPS) is 12.1. The lowest BCUT2D eigenvalue weighted by molar-refractivity contribution is -0.274. The fourth-order valence-corrected chi connectivity index (χ4v) is 4.21. The Balaban J connectivity index is 2.31. The second kappa shape index (κ2) is 9.02. The number of carbonyl (C=O) groups excluding carboxylic acids is 1. The van der Waals surface area contributed by atoms with Crippen LogP contribution < -0.4 is 10.1 Å². The Labute approximate surface area is 171 Å². The van der Waals surface area contributed by atoms with Gasteiger partial charge in [0.1, 0.15) is 5.75 Å². The van der Waals surface area contributed by atoms with Crippen LogP contribution >= 0.6 is 11.6 Å². The van der Waals surface area contributed by atoms with Gasteiger partial charge in [0, 0.05) is 24.8 Å². The van der Waals surface area contributed by atoms with Crippen LogP contribution in [-0.2, 0) is 10.0 Å². The number of halogens is 4. The molecule has 0 aliphatic rings. The minimum Gasteiger partial charge on any atom is -0.406 e. The highest BCUT2D eigenvalue weighted by molar-refractivity contribution is 7.89. The molecule has 1 amide bonds. The van der Waals surface area contributed by atoms with Crippen molar-refractivity contribution in [1.29, 1.82) is 0 Å². The van der Waals surface area contributed by atoms with Gasteiger partial charge in [-0.2, -0.15) is 4.31 Å². The van der Waals surface area contributed by atoms with Gasteiger partial charge in [-0.3, -0.25) is 4.79 Å². The van der Waals surface area contributed by atoms with E-state index in [0.29, 0.717) is 0 Å². The average Bonchev–Trinajstić information content (AvgIpc) is 2.61. The number of anilines is 1. The Bertz CT molecular complexity index is 993. The van der Waals surface area contributed by atoms with Crippen molar-refractivity contribution in [2.75, 3.05) is 18.4 Å². The number of hydrogen-bond donors (Lipinski definition) is 1. The fraction of sp³-hybridized carbons (Fsp3) is 0.278. The maximum atomic E-state index is 12.6. The van der Waals surface area contributed by atoms with Gasteiger partial charge in [0.25, 0.3) is 5.91 Å². The minimum atomic E-state index is -4.88. The zero-order chi connectivity index (χ0) is 21.8. The number of sulfonamides is 1. The summed E-state index contributed by atoms with van der Waals surface area (Å²) in [5.41, 5.74) is -0.119. The molecule has 11 heteroatoms. The van der Waals surface area contributed by atoms with Crippen LogP contribution in [0.3, 0.4) is 0 Å². The van der Waals surface area contributed by atoms with Crippen molar-refractivity contribution in [2.24, 2.45) is 0 Å². The first-order valence-electron chi connectivity index (χ1n) is 8.44. The third-order valence-corrected chi connectivity index (χ3v) is 6.23. The summed E-state index contributed by atoms with van der Waals surface area (Å²) in [6.45, 7) is 3.85. The van der Waals surface area contributed by atoms with Gasteiger partial charge in [0.2, 0.25) is 10.0 Å². The summed E-state index contributed by atoms with van der Waals surface area (Å²) in [5, 5.41) is 2.37. The molecule has 0 bridgehead atoms. The summed E-state index contributed by atoms with van der Waals surface area (Å²) in [4.78, 5) is 12.4. The number of hydrogen-bond acceptors (Lipinski definition) is 4. The van der Waals surface area contributed by atoms with Crippen molar-refractivity contribution in [3.05, 3.63) is 53.1 Å². The predicted molar refractivity (Wildman–Crippen MR) is 103 cm³/mol. The molecule has 0 saturated carbocycles. The third-order valence-electron chi connectivity index (χ3n) is 3.85. The quantitative estimate of drug-likeness (QED) is 0.673. The predicted octanol–water partition coefficient (Wildman–Crippen LogP) is 4.52. The lowest BCUT2D eigenvalue weighted by Gasteiger charge is -2.19. The number of benzene rings is 2. The molecule has 0 radical (unpaired) electrons. The molecule has 2 aromatic rings. The first kappa shape index (κ1) is 23.0. The summed E-state index contributed by atoms with van der Waals surface area (Å²) in [6.07, 6.45) is -4.88. The van der Waals surface area contributed by atoms with Crippen LogP contribution in [0.5, 0.6) is 5.75 Å². The Morgan fingerprint density at radius 3 is 2.38 bits per heavy atom. The number of alkyl halides is 3. The molecule has 0 heterocycles. The van der Waals surface area contributed by atoms with Crippen molar-refractivity contribution in [1.82, 2.24) is 4.31 Å². The largest absolute Gasteiger partial charge is 0.573 e. The van der Waals surface area contributed by atoms with E-state index < -0.39 is 28.0 Å². The van der Waals surface area contributed by atoms with Crippen LogP contribution in [0.25, 0.3) is 0 Å². The number of nitrogens with zero attached hydrogens (tertiary/aromatic N) is 1. The average molecular weight is 451 g/mol. The van der Waals surface area contributed by atoms with E-state index in [9.17, 15) is 26.4 Å². The molecule has 158 valence electrons. The SMILES string of the molecule is CCN(CC)S(=O)(=O)c1ccc(Cl)c(C(=O)Nc2cccc(OC(F)(F)F)c2)c1. The van der Waals surface area contributed by atoms with E-state index in [4.69, 9.17) is 11.6 Å². The molecule has 2 aromatic carbocycles. The molecular weight excluding hydrogens is 433 g/mol. The van der Waals surface area contributed by atoms with Crippen molar-refractivity contribution < 1.29 is 31.1 Å². The molecule has 6 nitrogen and oxygen atoms in total. The van der Waals surface area contributed by atoms with E-state index in [1.807, 2.05) is 0 Å². The maximum absolute atomic E-state index is 12.6. The fourth-order valence-electron chi connectivity index (χ4n) is 2.52. The zero-order valence-corrected chi connectivity index (χ0v) is 17.0. The molecule has 0 aliphatic carbocycles. The van der Waals surface area contributed by atoms with Crippen LogP contribution in [0.4, 0.5) is 18.9 Å². The van der Waals surface area contributed by atoms with E-state index in [-0.39, 0.29) is 34.3 Å². The van der Waals surface area contributed by atoms with Gasteiger partial charge < -0.3 is 10.1 Å². The molecule has 0 unspecified atom stereocenters. The van der Waals surface area contributed by atoms with Crippen molar-refractivity contribution in [3.8, 4) is 5.75 Å². The number of ether oxygens (including phenoxy) is 1. The van der Waals surface area contributed by atoms with Gasteiger partial charge in [-0.25, -0.2) is 8.42 Å². The van der Waals surface area contributed by atoms with Gasteiger partial charge in [0.15, 0.2) is 0 Å². The lowest BCUT2D eigenvalue weighted by atomic mass is 10.2. The van der Waals surface area contributed by atoms with Crippen LogP contribution in [0, 0.1) is 0 Å². The third kappa shape index (κ3) is 5.84. The summed E-state index contributed by atoms with van der Waals surface area (Å²) in [7, 11) is -3.82. The number of carbonyl (C=O) groups is 1. The number of rotatable bonds is 7. The minimum absolute atomic E-state index is 0.0105. The highest BCUT2D eigenvalue weighted by atomic mass is 35.5. The summed E-state index contributed by atoms with van der Waals surface area (Å²) >= 11 is 6.03. The molecule has 0 saturated heterocycles. The molecule has 0 fully saturated rings. The van der Waals surface area contributed by atoms with E-state index in [1.54, 1.807) is 13.8 Å². The Morgan fingerprint density at radius 1 is 1.14 bits per heavy atom. The lowest BCUT2D eigenvalue weighted by Crippen LogP contribution is -2.30. The van der Waals surface area contributed by atoms with Crippen LogP contribution in [0.2, 0.25) is 5.02 Å². The van der Waals surface area contributed by atoms with E-state index in [0.717, 1.165) is 18.2 Å². The topological polar surface area (TPSA) is 75.7 Å². The molecule has 2 rings (SSSR count). The van der Waals surface area contributed by atoms with E-state index in [1.165, 1.54) is 28.6 Å². The van der Waals surface area contributed by atoms with Gasteiger partial charge in [-0.05, 0) is 30.3 Å². The second-order valence-electron chi connectivity index (χ2n) is 5.76. The Kier molecular flexibility index (Phi) is 7.15. The van der Waals surface area contributed by atoms with Crippen molar-refractivity contribution in [2.45, 2.75) is 25.1 Å². The molecule has 0 spiro atoms. The Morgan fingerprint density at radius 2 is 1.79 bits per heavy atom. The van der Waals surface area contributed by atoms with E-state index in [2.05, 4.69) is 10.1 Å². The van der Waals surface area contributed by atoms with Gasteiger partial charge in [-0.15, -0.1) is 13.2 Å².